The highest BCUT2D eigenvalue weighted by atomic mass is 16.3. The zero-order chi connectivity index (χ0) is 12.5. The molecule has 0 aromatic carbocycles. The average molecular weight is 244 g/mol. The second-order valence-electron chi connectivity index (χ2n) is 4.58. The Morgan fingerprint density at radius 1 is 1.44 bits per heavy atom. The molecule has 2 N–H and O–H groups in total. The number of hydrogen-bond donors (Lipinski definition) is 2. The molecular weight excluding hydrogens is 228 g/mol. The van der Waals surface area contributed by atoms with E-state index in [9.17, 15) is 5.11 Å². The van der Waals surface area contributed by atoms with Crippen LogP contribution >= 0.6 is 0 Å². The molecule has 0 radical (unpaired) electrons. The summed E-state index contributed by atoms with van der Waals surface area (Å²) >= 11 is 0. The van der Waals surface area contributed by atoms with Crippen molar-refractivity contribution in [2.75, 3.05) is 7.05 Å². The van der Waals surface area contributed by atoms with Gasteiger partial charge in [-0.2, -0.15) is 9.78 Å². The van der Waals surface area contributed by atoms with Gasteiger partial charge in [0.15, 0.2) is 5.82 Å². The van der Waals surface area contributed by atoms with E-state index < -0.39 is 0 Å². The summed E-state index contributed by atoms with van der Waals surface area (Å²) in [7, 11) is 1.95. The van der Waals surface area contributed by atoms with E-state index in [-0.39, 0.29) is 5.88 Å². The van der Waals surface area contributed by atoms with Crippen LogP contribution in [0.4, 0.5) is 0 Å². The first-order chi connectivity index (χ1) is 8.79. The average Bonchev–Trinajstić information content (AvgIpc) is 2.77. The summed E-state index contributed by atoms with van der Waals surface area (Å²) in [5.74, 6) is 0.883. The van der Waals surface area contributed by atoms with Crippen molar-refractivity contribution >= 4 is 0 Å². The van der Waals surface area contributed by atoms with Gasteiger partial charge in [-0.15, -0.1) is 0 Å². The number of hydrogen-bond acceptors (Lipinski definition) is 4. The first-order valence-electron chi connectivity index (χ1n) is 6.18. The van der Waals surface area contributed by atoms with Gasteiger partial charge in [-0.05, 0) is 38.4 Å². The molecule has 1 aliphatic carbocycles. The third kappa shape index (κ3) is 1.76. The molecule has 3 rings (SSSR count). The van der Waals surface area contributed by atoms with Crippen LogP contribution in [0.1, 0.15) is 17.7 Å². The van der Waals surface area contributed by atoms with Crippen molar-refractivity contribution in [3.8, 4) is 11.7 Å². The van der Waals surface area contributed by atoms with Gasteiger partial charge in [-0.3, -0.25) is 0 Å². The van der Waals surface area contributed by atoms with E-state index in [1.54, 1.807) is 6.20 Å². The van der Waals surface area contributed by atoms with E-state index in [1.165, 1.54) is 4.68 Å². The molecule has 18 heavy (non-hydrogen) atoms. The van der Waals surface area contributed by atoms with Gasteiger partial charge in [0.05, 0.1) is 5.69 Å². The molecule has 2 aromatic heterocycles. The van der Waals surface area contributed by atoms with Crippen LogP contribution in [-0.2, 0) is 12.8 Å². The Morgan fingerprint density at radius 2 is 2.33 bits per heavy atom. The number of aromatic nitrogens is 3. The number of nitrogens with one attached hydrogen (secondary N) is 1. The minimum absolute atomic E-state index is 0.226. The van der Waals surface area contributed by atoms with Gasteiger partial charge >= 0.3 is 0 Å². The normalized spacial score (nSPS) is 18.6. The lowest BCUT2D eigenvalue weighted by Gasteiger charge is -2.20. The van der Waals surface area contributed by atoms with Crippen molar-refractivity contribution in [2.24, 2.45) is 0 Å². The summed E-state index contributed by atoms with van der Waals surface area (Å²) in [6.07, 6.45) is 4.48. The Bertz CT molecular complexity index is 550. The molecular formula is C13H16N4O. The molecule has 5 nitrogen and oxygen atoms in total. The van der Waals surface area contributed by atoms with Crippen molar-refractivity contribution < 1.29 is 5.11 Å². The Balaban J connectivity index is 2.02. The minimum Gasteiger partial charge on any atom is -0.493 e. The van der Waals surface area contributed by atoms with Crippen LogP contribution in [-0.4, -0.2) is 33.0 Å². The fourth-order valence-corrected chi connectivity index (χ4v) is 2.44. The summed E-state index contributed by atoms with van der Waals surface area (Å²) in [6.45, 7) is 0. The van der Waals surface area contributed by atoms with E-state index in [4.69, 9.17) is 0 Å². The molecule has 0 fully saturated rings. The highest BCUT2D eigenvalue weighted by molar-refractivity contribution is 5.39. The highest BCUT2D eigenvalue weighted by Gasteiger charge is 2.25. The van der Waals surface area contributed by atoms with E-state index in [0.717, 1.165) is 30.5 Å². The van der Waals surface area contributed by atoms with E-state index in [2.05, 4.69) is 15.4 Å². The zero-order valence-corrected chi connectivity index (χ0v) is 10.3. The predicted molar refractivity (Wildman–Crippen MR) is 67.9 cm³/mol. The topological polar surface area (TPSA) is 63.0 Å². The molecule has 1 aliphatic rings. The summed E-state index contributed by atoms with van der Waals surface area (Å²) in [5, 5.41) is 18.0. The zero-order valence-electron chi connectivity index (χ0n) is 10.3. The van der Waals surface area contributed by atoms with Crippen LogP contribution in [0.15, 0.2) is 24.4 Å². The fraction of sp³-hybridized carbons (Fsp3) is 0.385. The van der Waals surface area contributed by atoms with Crippen LogP contribution in [0.5, 0.6) is 5.88 Å². The Hall–Kier alpha value is -1.88. The molecule has 1 unspecified atom stereocenters. The number of fused-ring (bicyclic) bond motifs is 1. The van der Waals surface area contributed by atoms with Gasteiger partial charge in [0.1, 0.15) is 0 Å². The molecule has 0 bridgehead atoms. The van der Waals surface area contributed by atoms with Gasteiger partial charge in [0.2, 0.25) is 5.88 Å². The van der Waals surface area contributed by atoms with Crippen molar-refractivity contribution in [2.45, 2.75) is 25.3 Å². The maximum Gasteiger partial charge on any atom is 0.219 e. The largest absolute Gasteiger partial charge is 0.493 e. The first kappa shape index (κ1) is 11.2. The van der Waals surface area contributed by atoms with E-state index >= 15 is 0 Å². The number of pyridine rings is 1. The number of rotatable bonds is 2. The van der Waals surface area contributed by atoms with Crippen LogP contribution in [0.2, 0.25) is 0 Å². The van der Waals surface area contributed by atoms with Gasteiger partial charge < -0.3 is 10.4 Å². The molecule has 2 heterocycles. The van der Waals surface area contributed by atoms with Crippen molar-refractivity contribution in [3.63, 3.8) is 0 Å². The molecule has 0 amide bonds. The van der Waals surface area contributed by atoms with Crippen molar-refractivity contribution in [1.29, 1.82) is 0 Å². The standard InChI is InChI=1S/C13H16N4O/c1-14-9-5-6-11-10(8-9)13(18)17(16-11)12-4-2-3-7-15-12/h2-4,7,9,14,18H,5-6,8H2,1H3. The Kier molecular flexibility index (Phi) is 2.76. The van der Waals surface area contributed by atoms with Crippen LogP contribution in [0, 0.1) is 0 Å². The lowest BCUT2D eigenvalue weighted by molar-refractivity contribution is 0.418. The van der Waals surface area contributed by atoms with Crippen LogP contribution < -0.4 is 5.32 Å². The second-order valence-corrected chi connectivity index (χ2v) is 4.58. The molecule has 0 spiro atoms. The maximum absolute atomic E-state index is 10.3. The smallest absolute Gasteiger partial charge is 0.219 e. The maximum atomic E-state index is 10.3. The lowest BCUT2D eigenvalue weighted by Crippen LogP contribution is -2.31. The summed E-state index contributed by atoms with van der Waals surface area (Å²) < 4.78 is 1.53. The lowest BCUT2D eigenvalue weighted by atomic mass is 9.93. The minimum atomic E-state index is 0.226. The van der Waals surface area contributed by atoms with E-state index in [1.807, 2.05) is 25.2 Å². The number of likely N-dealkylation sites (N-methyl/N-ethyl adjacent to an activating group) is 1. The molecule has 0 saturated carbocycles. The van der Waals surface area contributed by atoms with Crippen LogP contribution in [0.25, 0.3) is 5.82 Å². The summed E-state index contributed by atoms with van der Waals surface area (Å²) in [4.78, 5) is 4.22. The molecule has 94 valence electrons. The Labute approximate surface area is 105 Å². The van der Waals surface area contributed by atoms with Crippen molar-refractivity contribution in [3.05, 3.63) is 35.7 Å². The highest BCUT2D eigenvalue weighted by Crippen LogP contribution is 2.30. The fourth-order valence-electron chi connectivity index (χ4n) is 2.44. The van der Waals surface area contributed by atoms with Gasteiger partial charge in [0, 0.05) is 17.8 Å². The quantitative estimate of drug-likeness (QED) is 0.829. The molecule has 5 heteroatoms. The number of aromatic hydroxyl groups is 1. The van der Waals surface area contributed by atoms with E-state index in [0.29, 0.717) is 11.9 Å². The molecule has 0 aliphatic heterocycles. The molecule has 0 saturated heterocycles. The number of aryl methyl sites for hydroxylation is 1. The van der Waals surface area contributed by atoms with Gasteiger partial charge in [-0.1, -0.05) is 6.07 Å². The molecule has 2 aromatic rings. The van der Waals surface area contributed by atoms with Gasteiger partial charge in [-0.25, -0.2) is 4.98 Å². The monoisotopic (exact) mass is 244 g/mol. The first-order valence-corrected chi connectivity index (χ1v) is 6.18. The SMILES string of the molecule is CNC1CCc2nn(-c3ccccn3)c(O)c2C1. The van der Waals surface area contributed by atoms with Crippen molar-refractivity contribution in [1.82, 2.24) is 20.1 Å². The second kappa shape index (κ2) is 4.42. The predicted octanol–water partition coefficient (Wildman–Crippen LogP) is 1.05. The molecule has 1 atom stereocenters. The number of nitrogens with zero attached hydrogens (tertiary/aromatic N) is 3. The Morgan fingerprint density at radius 3 is 3.06 bits per heavy atom. The third-order valence-corrected chi connectivity index (χ3v) is 3.49. The summed E-state index contributed by atoms with van der Waals surface area (Å²) in [5.41, 5.74) is 1.94. The third-order valence-electron chi connectivity index (χ3n) is 3.49. The van der Waals surface area contributed by atoms with Gasteiger partial charge in [0.25, 0.3) is 0 Å². The van der Waals surface area contributed by atoms with Crippen LogP contribution in [0.3, 0.4) is 0 Å². The summed E-state index contributed by atoms with van der Waals surface area (Å²) in [6, 6.07) is 6.00.